The Hall–Kier alpha value is -4.51. The molecule has 1 heterocycles. The fraction of sp³-hybridized carbons (Fsp3) is 0.206. The molecule has 5 heteroatoms. The predicted octanol–water partition coefficient (Wildman–Crippen LogP) is 6.27. The molecule has 1 aliphatic heterocycles. The van der Waals surface area contributed by atoms with Gasteiger partial charge in [-0.15, -0.1) is 0 Å². The van der Waals surface area contributed by atoms with E-state index in [1.807, 2.05) is 42.6 Å². The number of carbonyl (C=O) groups is 2. The fourth-order valence-electron chi connectivity index (χ4n) is 7.08. The summed E-state index contributed by atoms with van der Waals surface area (Å²) in [6.45, 7) is 4.14. The molecule has 1 saturated heterocycles. The SMILES string of the molecule is COc1ccc(N2C(=O)[C@@H]3C4c5ccccc5C(C=Nc5cccc(C)c5C)(c5ccccc54)[C@@H]3C2=O)cc1. The Bertz CT molecular complexity index is 1640. The summed E-state index contributed by atoms with van der Waals surface area (Å²) in [5.74, 6) is -0.985. The highest BCUT2D eigenvalue weighted by Crippen LogP contribution is 2.63. The van der Waals surface area contributed by atoms with E-state index in [1.165, 1.54) is 4.90 Å². The molecule has 0 aromatic heterocycles. The van der Waals surface area contributed by atoms with E-state index >= 15 is 0 Å². The number of anilines is 1. The summed E-state index contributed by atoms with van der Waals surface area (Å²) in [4.78, 5) is 35.2. The van der Waals surface area contributed by atoms with Gasteiger partial charge in [-0.1, -0.05) is 60.7 Å². The van der Waals surface area contributed by atoms with Crippen molar-refractivity contribution in [1.29, 1.82) is 0 Å². The standard InChI is InChI=1S/C34H28N2O3/c1-20-9-8-14-28(21(20)2)35-19-34-26-12-6-4-10-24(26)29(25-11-5-7-13-27(25)34)30-31(34)33(38)36(32(30)37)22-15-17-23(39-3)18-16-22/h4-19,29-31H,1-3H3/t29?,30-,31+,34?/m1/s1. The summed E-state index contributed by atoms with van der Waals surface area (Å²) in [5.41, 5.74) is 7.12. The Morgan fingerprint density at radius 1 is 0.795 bits per heavy atom. The molecule has 4 aliphatic rings. The summed E-state index contributed by atoms with van der Waals surface area (Å²) in [6, 6.07) is 29.7. The minimum atomic E-state index is -0.878. The summed E-state index contributed by atoms with van der Waals surface area (Å²) >= 11 is 0. The first-order chi connectivity index (χ1) is 19.0. The van der Waals surface area contributed by atoms with Crippen molar-refractivity contribution in [3.63, 3.8) is 0 Å². The minimum Gasteiger partial charge on any atom is -0.497 e. The van der Waals surface area contributed by atoms with Gasteiger partial charge < -0.3 is 4.74 Å². The Balaban J connectivity index is 1.49. The number of benzene rings is 4. The molecule has 192 valence electrons. The Morgan fingerprint density at radius 3 is 2.08 bits per heavy atom. The first-order valence-corrected chi connectivity index (χ1v) is 13.3. The molecule has 8 rings (SSSR count). The van der Waals surface area contributed by atoms with E-state index < -0.39 is 17.3 Å². The van der Waals surface area contributed by atoms with Gasteiger partial charge in [-0.25, -0.2) is 4.90 Å². The first-order valence-electron chi connectivity index (χ1n) is 13.3. The highest BCUT2D eigenvalue weighted by molar-refractivity contribution is 6.25. The third kappa shape index (κ3) is 3.10. The highest BCUT2D eigenvalue weighted by Gasteiger charge is 2.67. The summed E-state index contributed by atoms with van der Waals surface area (Å²) in [6.07, 6.45) is 1.96. The van der Waals surface area contributed by atoms with E-state index in [4.69, 9.17) is 9.73 Å². The molecule has 0 unspecified atom stereocenters. The lowest BCUT2D eigenvalue weighted by molar-refractivity contribution is -0.122. The number of nitrogens with zero attached hydrogens (tertiary/aromatic N) is 2. The topological polar surface area (TPSA) is 59.0 Å². The number of amides is 2. The molecule has 0 radical (unpaired) electrons. The van der Waals surface area contributed by atoms with E-state index in [0.29, 0.717) is 11.4 Å². The minimum absolute atomic E-state index is 0.159. The smallest absolute Gasteiger partial charge is 0.239 e. The van der Waals surface area contributed by atoms with Crippen molar-refractivity contribution in [1.82, 2.24) is 0 Å². The molecular formula is C34H28N2O3. The summed E-state index contributed by atoms with van der Waals surface area (Å²) in [5, 5.41) is 0. The Kier molecular flexibility index (Phi) is 5.14. The van der Waals surface area contributed by atoms with Crippen molar-refractivity contribution in [3.05, 3.63) is 124 Å². The second-order valence-corrected chi connectivity index (χ2v) is 10.7. The molecule has 4 aromatic carbocycles. The highest BCUT2D eigenvalue weighted by atomic mass is 16.5. The maximum atomic E-state index is 14.5. The van der Waals surface area contributed by atoms with Crippen LogP contribution in [0.15, 0.2) is 96.0 Å². The monoisotopic (exact) mass is 512 g/mol. The molecule has 0 saturated carbocycles. The van der Waals surface area contributed by atoms with Crippen LogP contribution in [0.1, 0.15) is 39.3 Å². The maximum Gasteiger partial charge on any atom is 0.239 e. The van der Waals surface area contributed by atoms with E-state index in [-0.39, 0.29) is 17.7 Å². The van der Waals surface area contributed by atoms with Crippen molar-refractivity contribution < 1.29 is 14.3 Å². The number of hydrogen-bond acceptors (Lipinski definition) is 4. The zero-order valence-corrected chi connectivity index (χ0v) is 22.1. The van der Waals surface area contributed by atoms with Crippen LogP contribution >= 0.6 is 0 Å². The number of aliphatic imine (C=N–C) groups is 1. The van der Waals surface area contributed by atoms with Crippen LogP contribution in [-0.2, 0) is 15.0 Å². The Labute approximate surface area is 227 Å². The molecule has 2 bridgehead atoms. The largest absolute Gasteiger partial charge is 0.497 e. The van der Waals surface area contributed by atoms with Crippen LogP contribution < -0.4 is 9.64 Å². The molecule has 0 N–H and O–H groups in total. The number of rotatable bonds is 4. The van der Waals surface area contributed by atoms with Crippen molar-refractivity contribution in [2.24, 2.45) is 16.8 Å². The van der Waals surface area contributed by atoms with Gasteiger partial charge in [0.15, 0.2) is 0 Å². The number of carbonyl (C=O) groups excluding carboxylic acids is 2. The Morgan fingerprint density at radius 2 is 1.44 bits per heavy atom. The van der Waals surface area contributed by atoms with E-state index in [9.17, 15) is 9.59 Å². The van der Waals surface area contributed by atoms with Gasteiger partial charge in [-0.05, 0) is 77.6 Å². The average molecular weight is 513 g/mol. The number of methoxy groups -OCH3 is 1. The van der Waals surface area contributed by atoms with Crippen LogP contribution in [-0.4, -0.2) is 25.1 Å². The third-order valence-electron chi connectivity index (χ3n) is 9.00. The van der Waals surface area contributed by atoms with Crippen LogP contribution in [0.25, 0.3) is 0 Å². The van der Waals surface area contributed by atoms with E-state index in [0.717, 1.165) is 39.1 Å². The number of aryl methyl sites for hydroxylation is 1. The summed E-state index contributed by atoms with van der Waals surface area (Å²) < 4.78 is 5.31. The fourth-order valence-corrected chi connectivity index (χ4v) is 7.08. The number of hydrogen-bond donors (Lipinski definition) is 0. The van der Waals surface area contributed by atoms with Gasteiger partial charge in [0, 0.05) is 12.1 Å². The van der Waals surface area contributed by atoms with Crippen molar-refractivity contribution in [3.8, 4) is 5.75 Å². The van der Waals surface area contributed by atoms with Crippen molar-refractivity contribution >= 4 is 29.4 Å². The van der Waals surface area contributed by atoms with Crippen molar-refractivity contribution in [2.75, 3.05) is 12.0 Å². The zero-order valence-electron chi connectivity index (χ0n) is 22.1. The predicted molar refractivity (Wildman–Crippen MR) is 152 cm³/mol. The average Bonchev–Trinajstić information content (AvgIpc) is 3.24. The normalized spacial score (nSPS) is 24.6. The van der Waals surface area contributed by atoms with Crippen LogP contribution in [0.2, 0.25) is 0 Å². The van der Waals surface area contributed by atoms with Gasteiger partial charge in [-0.3, -0.25) is 14.6 Å². The van der Waals surface area contributed by atoms with Crippen LogP contribution in [0.4, 0.5) is 11.4 Å². The van der Waals surface area contributed by atoms with Gasteiger partial charge in [0.2, 0.25) is 11.8 Å². The second kappa shape index (κ2) is 8.50. The van der Waals surface area contributed by atoms with Crippen molar-refractivity contribution in [2.45, 2.75) is 25.2 Å². The lowest BCUT2D eigenvalue weighted by Crippen LogP contribution is -2.54. The lowest BCUT2D eigenvalue weighted by atomic mass is 9.47. The third-order valence-corrected chi connectivity index (χ3v) is 9.00. The molecule has 2 amide bonds. The van der Waals surface area contributed by atoms with Gasteiger partial charge >= 0.3 is 0 Å². The second-order valence-electron chi connectivity index (χ2n) is 10.7. The van der Waals surface area contributed by atoms with E-state index in [1.54, 1.807) is 31.4 Å². The number of imide groups is 1. The summed E-state index contributed by atoms with van der Waals surface area (Å²) in [7, 11) is 1.60. The first kappa shape index (κ1) is 23.6. The molecule has 1 fully saturated rings. The van der Waals surface area contributed by atoms with Gasteiger partial charge in [0.1, 0.15) is 5.75 Å². The zero-order chi connectivity index (χ0) is 26.9. The van der Waals surface area contributed by atoms with E-state index in [2.05, 4.69) is 44.2 Å². The molecule has 0 spiro atoms. The number of ether oxygens (including phenoxy) is 1. The van der Waals surface area contributed by atoms with Crippen LogP contribution in [0.5, 0.6) is 5.75 Å². The van der Waals surface area contributed by atoms with Crippen LogP contribution in [0.3, 0.4) is 0 Å². The molecule has 39 heavy (non-hydrogen) atoms. The van der Waals surface area contributed by atoms with Crippen LogP contribution in [0, 0.1) is 25.7 Å². The van der Waals surface area contributed by atoms with Gasteiger partial charge in [-0.2, -0.15) is 0 Å². The molecule has 2 atom stereocenters. The maximum absolute atomic E-state index is 14.5. The van der Waals surface area contributed by atoms with Gasteiger partial charge in [0.05, 0.1) is 35.7 Å². The molecule has 4 aromatic rings. The quantitative estimate of drug-likeness (QED) is 0.239. The molecule has 3 aliphatic carbocycles. The molecular weight excluding hydrogens is 484 g/mol. The van der Waals surface area contributed by atoms with Gasteiger partial charge in [0.25, 0.3) is 0 Å². The molecule has 5 nitrogen and oxygen atoms in total. The lowest BCUT2D eigenvalue weighted by Gasteiger charge is -2.52.